The molecule has 0 aromatic carbocycles. The molecule has 0 unspecified atom stereocenters. The number of amides is 3. The Balaban J connectivity index is 5.41. The van der Waals surface area contributed by atoms with Crippen molar-refractivity contribution < 1.29 is 24.3 Å². The van der Waals surface area contributed by atoms with Crippen LogP contribution in [0.3, 0.4) is 0 Å². The Bertz CT molecular complexity index is 914. The van der Waals surface area contributed by atoms with E-state index in [0.29, 0.717) is 25.8 Å². The van der Waals surface area contributed by atoms with Crippen molar-refractivity contribution in [2.45, 2.75) is 76.5 Å². The Morgan fingerprint density at radius 1 is 0.659 bits per heavy atom. The highest BCUT2D eigenvalue weighted by Crippen LogP contribution is 2.07. The minimum atomic E-state index is -1.26. The third-order valence-electron chi connectivity index (χ3n) is 5.81. The number of carbonyl (C=O) groups is 4. The molecule has 0 spiro atoms. The zero-order chi connectivity index (χ0) is 31.5. The van der Waals surface area contributed by atoms with Crippen LogP contribution in [0.25, 0.3) is 0 Å². The molecular formula is C23H47N13O5. The summed E-state index contributed by atoms with van der Waals surface area (Å²) in [6, 6.07) is -4.38. The number of nitrogens with one attached hydrogen (secondary N) is 9. The van der Waals surface area contributed by atoms with Crippen LogP contribution in [0.4, 0.5) is 0 Å². The molecule has 234 valence electrons. The molecule has 3 amide bonds. The van der Waals surface area contributed by atoms with Crippen LogP contribution in [-0.2, 0) is 19.2 Å². The van der Waals surface area contributed by atoms with E-state index in [1.54, 1.807) is 13.8 Å². The van der Waals surface area contributed by atoms with E-state index < -0.39 is 53.8 Å². The summed E-state index contributed by atoms with van der Waals surface area (Å²) in [7, 11) is 0. The molecule has 41 heavy (non-hydrogen) atoms. The second-order valence-electron chi connectivity index (χ2n) is 9.75. The van der Waals surface area contributed by atoms with Crippen molar-refractivity contribution in [1.29, 1.82) is 16.2 Å². The van der Waals surface area contributed by atoms with Crippen molar-refractivity contribution >= 4 is 41.6 Å². The molecule has 0 bridgehead atoms. The Morgan fingerprint density at radius 2 is 1.07 bits per heavy atom. The van der Waals surface area contributed by atoms with Crippen LogP contribution in [0.5, 0.6) is 0 Å². The number of carbonyl (C=O) groups excluding carboxylic acids is 3. The molecule has 0 saturated carbocycles. The van der Waals surface area contributed by atoms with Gasteiger partial charge in [-0.1, -0.05) is 13.8 Å². The molecule has 0 aromatic heterocycles. The van der Waals surface area contributed by atoms with Crippen LogP contribution in [-0.4, -0.2) is 90.5 Å². The summed E-state index contributed by atoms with van der Waals surface area (Å²) in [4.78, 5) is 50.7. The summed E-state index contributed by atoms with van der Waals surface area (Å²) in [6.07, 6.45) is 1.53. The van der Waals surface area contributed by atoms with E-state index >= 15 is 0 Å². The predicted molar refractivity (Wildman–Crippen MR) is 154 cm³/mol. The monoisotopic (exact) mass is 585 g/mol. The van der Waals surface area contributed by atoms with Crippen molar-refractivity contribution in [3.63, 3.8) is 0 Å². The van der Waals surface area contributed by atoms with Crippen molar-refractivity contribution in [3.8, 4) is 0 Å². The Hall–Kier alpha value is -4.35. The zero-order valence-electron chi connectivity index (χ0n) is 23.6. The number of guanidine groups is 3. The number of hydrogen-bond acceptors (Lipinski definition) is 8. The molecular weight excluding hydrogens is 538 g/mol. The Kier molecular flexibility index (Phi) is 17.6. The van der Waals surface area contributed by atoms with E-state index in [2.05, 4.69) is 31.9 Å². The van der Waals surface area contributed by atoms with Gasteiger partial charge in [0.25, 0.3) is 0 Å². The maximum absolute atomic E-state index is 13.2. The highest BCUT2D eigenvalue weighted by molar-refractivity contribution is 5.94. The molecule has 0 rings (SSSR count). The third kappa shape index (κ3) is 17.1. The van der Waals surface area contributed by atoms with E-state index in [-0.39, 0.29) is 50.2 Å². The van der Waals surface area contributed by atoms with Crippen LogP contribution in [0, 0.1) is 22.1 Å². The van der Waals surface area contributed by atoms with Gasteiger partial charge in [0.1, 0.15) is 18.1 Å². The van der Waals surface area contributed by atoms with E-state index in [9.17, 15) is 24.3 Å². The molecule has 0 heterocycles. The minimum Gasteiger partial charge on any atom is -0.480 e. The smallest absolute Gasteiger partial charge is 0.326 e. The first kappa shape index (κ1) is 36.6. The van der Waals surface area contributed by atoms with Crippen LogP contribution < -0.4 is 54.8 Å². The molecule has 18 N–H and O–H groups in total. The fraction of sp³-hybridized carbons (Fsp3) is 0.696. The van der Waals surface area contributed by atoms with Crippen molar-refractivity contribution in [3.05, 3.63) is 0 Å². The van der Waals surface area contributed by atoms with Gasteiger partial charge >= 0.3 is 5.97 Å². The first-order valence-corrected chi connectivity index (χ1v) is 13.3. The van der Waals surface area contributed by atoms with Gasteiger partial charge in [-0.3, -0.25) is 30.6 Å². The summed E-state index contributed by atoms with van der Waals surface area (Å²) < 4.78 is 0. The molecule has 0 radical (unpaired) electrons. The summed E-state index contributed by atoms with van der Waals surface area (Å²) in [6.45, 7) is 4.19. The first-order chi connectivity index (χ1) is 19.1. The average molecular weight is 586 g/mol. The van der Waals surface area contributed by atoms with Crippen molar-refractivity contribution in [1.82, 2.24) is 31.9 Å². The number of hydrogen-bond donors (Lipinski definition) is 14. The van der Waals surface area contributed by atoms with E-state index in [1.807, 2.05) is 0 Å². The van der Waals surface area contributed by atoms with E-state index in [0.717, 1.165) is 0 Å². The fourth-order valence-corrected chi connectivity index (χ4v) is 3.59. The van der Waals surface area contributed by atoms with Gasteiger partial charge in [-0.2, -0.15) is 0 Å². The van der Waals surface area contributed by atoms with Gasteiger partial charge in [0, 0.05) is 19.6 Å². The molecule has 0 fully saturated rings. The largest absolute Gasteiger partial charge is 0.480 e. The Morgan fingerprint density at radius 3 is 1.49 bits per heavy atom. The summed E-state index contributed by atoms with van der Waals surface area (Å²) in [5.41, 5.74) is 21.7. The van der Waals surface area contributed by atoms with Gasteiger partial charge in [-0.25, -0.2) is 4.79 Å². The summed E-state index contributed by atoms with van der Waals surface area (Å²) in [5.74, 6) is -4.38. The van der Waals surface area contributed by atoms with Gasteiger partial charge in [-0.15, -0.1) is 0 Å². The second kappa shape index (κ2) is 19.7. The fourth-order valence-electron chi connectivity index (χ4n) is 3.59. The average Bonchev–Trinajstić information content (AvgIpc) is 2.87. The number of carboxylic acids is 1. The highest BCUT2D eigenvalue weighted by Gasteiger charge is 2.31. The second-order valence-corrected chi connectivity index (χ2v) is 9.75. The highest BCUT2D eigenvalue weighted by atomic mass is 16.4. The first-order valence-electron chi connectivity index (χ1n) is 13.3. The summed E-state index contributed by atoms with van der Waals surface area (Å²) in [5, 5.41) is 46.5. The number of rotatable bonds is 20. The molecule has 0 aliphatic carbocycles. The normalized spacial score (nSPS) is 13.6. The predicted octanol–water partition coefficient (Wildman–Crippen LogP) is -3.70. The van der Waals surface area contributed by atoms with Crippen molar-refractivity contribution in [2.75, 3.05) is 19.6 Å². The lowest BCUT2D eigenvalue weighted by Gasteiger charge is -2.27. The molecule has 0 aromatic rings. The van der Waals surface area contributed by atoms with E-state index in [4.69, 9.17) is 39.2 Å². The topological polar surface area (TPSA) is 336 Å². The number of aliphatic carboxylic acids is 1. The van der Waals surface area contributed by atoms with Gasteiger partial charge in [0.05, 0.1) is 6.04 Å². The summed E-state index contributed by atoms with van der Waals surface area (Å²) >= 11 is 0. The lowest BCUT2D eigenvalue weighted by atomic mass is 10.0. The van der Waals surface area contributed by atoms with Crippen molar-refractivity contribution in [2.24, 2.45) is 28.9 Å². The zero-order valence-corrected chi connectivity index (χ0v) is 23.6. The molecule has 0 aliphatic rings. The minimum absolute atomic E-state index is 0.0573. The van der Waals surface area contributed by atoms with Crippen LogP contribution in [0.1, 0.15) is 52.4 Å². The maximum atomic E-state index is 13.2. The molecule has 4 atom stereocenters. The lowest BCUT2D eigenvalue weighted by molar-refractivity contribution is -0.142. The quantitative estimate of drug-likeness (QED) is 0.0373. The van der Waals surface area contributed by atoms with Gasteiger partial charge in [0.15, 0.2) is 17.9 Å². The molecule has 0 saturated heterocycles. The number of nitrogens with two attached hydrogens (primary N) is 4. The van der Waals surface area contributed by atoms with Crippen LogP contribution in [0.2, 0.25) is 0 Å². The maximum Gasteiger partial charge on any atom is 0.326 e. The molecule has 18 heteroatoms. The standard InChI is InChI=1S/C23H47N13O5/c1-12(2)16(19(39)35-15(20(40)41)8-5-11-33-23(29)30)36-18(38)14(7-4-10-32-22(27)28)34-17(37)13(24)6-3-9-31-21(25)26/h12-16H,3-11,24H2,1-2H3,(H,34,37)(H,35,39)(H,36,38)(H,40,41)(H4,25,26,31)(H4,27,28,32)(H4,29,30,33)/t13-,14-,15-,16-/m0/s1. The Labute approximate surface area is 239 Å². The van der Waals surface area contributed by atoms with Gasteiger partial charge < -0.3 is 59.9 Å². The molecule has 0 aliphatic heterocycles. The van der Waals surface area contributed by atoms with Gasteiger partial charge in [-0.05, 0) is 44.4 Å². The number of carboxylic acid groups (broad SMARTS) is 1. The van der Waals surface area contributed by atoms with E-state index in [1.165, 1.54) is 0 Å². The SMILES string of the molecule is CC(C)[C@H](NC(=O)[C@H](CCCNC(=N)N)NC(=O)[C@@H](N)CCCNC(=N)N)C(=O)N[C@@H](CCCNC(=N)N)C(=O)O. The molecule has 18 nitrogen and oxygen atoms in total. The van der Waals surface area contributed by atoms with Crippen LogP contribution >= 0.6 is 0 Å². The van der Waals surface area contributed by atoms with Crippen LogP contribution in [0.15, 0.2) is 0 Å². The van der Waals surface area contributed by atoms with Gasteiger partial charge in [0.2, 0.25) is 17.7 Å². The lowest BCUT2D eigenvalue weighted by Crippen LogP contribution is -2.58. The third-order valence-corrected chi connectivity index (χ3v) is 5.81.